The molecule has 0 aromatic heterocycles. The van der Waals surface area contributed by atoms with Crippen molar-refractivity contribution in [3.05, 3.63) is 12.2 Å². The summed E-state index contributed by atoms with van der Waals surface area (Å²) in [4.78, 5) is 13.6. The lowest BCUT2D eigenvalue weighted by Gasteiger charge is -2.32. The van der Waals surface area contributed by atoms with Gasteiger partial charge in [-0.2, -0.15) is 0 Å². The Bertz CT molecular complexity index is 275. The Morgan fingerprint density at radius 2 is 1.89 bits per heavy atom. The fraction of sp³-hybridized carbons (Fsp3) is 0.769. The molecule has 106 valence electrons. The molecule has 18 heavy (non-hydrogen) atoms. The second-order valence-electron chi connectivity index (χ2n) is 4.41. The number of nitrogens with one attached hydrogen (secondary N) is 1. The molecule has 0 aromatic carbocycles. The molecule has 0 aliphatic rings. The summed E-state index contributed by atoms with van der Waals surface area (Å²) >= 11 is 0. The second kappa shape index (κ2) is 8.24. The van der Waals surface area contributed by atoms with Crippen LogP contribution in [-0.2, 0) is 9.53 Å². The van der Waals surface area contributed by atoms with Gasteiger partial charge in [-0.05, 0) is 33.9 Å². The van der Waals surface area contributed by atoms with Crippen LogP contribution in [0.5, 0.6) is 0 Å². The lowest BCUT2D eigenvalue weighted by atomic mass is 10.3. The predicted molar refractivity (Wildman–Crippen MR) is 71.9 cm³/mol. The number of esters is 1. The van der Waals surface area contributed by atoms with E-state index in [1.165, 1.54) is 0 Å². The van der Waals surface area contributed by atoms with Crippen molar-refractivity contribution >= 4 is 5.97 Å². The van der Waals surface area contributed by atoms with E-state index in [4.69, 9.17) is 4.74 Å². The maximum absolute atomic E-state index is 11.5. The van der Waals surface area contributed by atoms with E-state index in [1.54, 1.807) is 13.8 Å². The number of carbonyl (C=O) groups is 1. The highest BCUT2D eigenvalue weighted by molar-refractivity contribution is 5.87. The van der Waals surface area contributed by atoms with Crippen LogP contribution >= 0.6 is 0 Å². The minimum atomic E-state index is -0.786. The van der Waals surface area contributed by atoms with E-state index in [-0.39, 0.29) is 6.17 Å². The van der Waals surface area contributed by atoms with E-state index < -0.39 is 18.3 Å². The topological polar surface area (TPSA) is 61.8 Å². The van der Waals surface area contributed by atoms with Gasteiger partial charge in [0, 0.05) is 5.57 Å². The first kappa shape index (κ1) is 17.1. The van der Waals surface area contributed by atoms with E-state index in [0.717, 1.165) is 13.1 Å². The van der Waals surface area contributed by atoms with E-state index in [0.29, 0.717) is 5.57 Å². The summed E-state index contributed by atoms with van der Waals surface area (Å²) in [5.74, 6) is -0.500. The molecule has 0 bridgehead atoms. The first-order valence-electron chi connectivity index (χ1n) is 6.38. The lowest BCUT2D eigenvalue weighted by molar-refractivity contribution is -0.153. The van der Waals surface area contributed by atoms with Gasteiger partial charge >= 0.3 is 5.97 Å². The maximum atomic E-state index is 11.5. The van der Waals surface area contributed by atoms with Crippen molar-refractivity contribution in [2.24, 2.45) is 0 Å². The molecule has 3 unspecified atom stereocenters. The van der Waals surface area contributed by atoms with E-state index in [2.05, 4.69) is 30.6 Å². The molecule has 5 nitrogen and oxygen atoms in total. The lowest BCUT2D eigenvalue weighted by Crippen LogP contribution is -2.52. The molecule has 0 aliphatic carbocycles. The smallest absolute Gasteiger partial charge is 0.334 e. The van der Waals surface area contributed by atoms with Crippen LogP contribution in [0.3, 0.4) is 0 Å². The van der Waals surface area contributed by atoms with Crippen LogP contribution < -0.4 is 5.32 Å². The van der Waals surface area contributed by atoms with Gasteiger partial charge in [-0.15, -0.1) is 0 Å². The normalized spacial score (nSPS) is 16.2. The molecule has 0 spiro atoms. The molecular weight excluding hydrogens is 232 g/mol. The second-order valence-corrected chi connectivity index (χ2v) is 4.41. The highest BCUT2D eigenvalue weighted by atomic mass is 16.6. The van der Waals surface area contributed by atoms with E-state index >= 15 is 0 Å². The van der Waals surface area contributed by atoms with Gasteiger partial charge in [-0.25, -0.2) is 4.79 Å². The number of aliphatic hydroxyl groups is 1. The fourth-order valence-electron chi connectivity index (χ4n) is 1.60. The molecule has 0 fully saturated rings. The molecule has 0 rings (SSSR count). The Morgan fingerprint density at radius 1 is 1.39 bits per heavy atom. The number of aliphatic hydroxyl groups excluding tert-OH is 1. The van der Waals surface area contributed by atoms with Gasteiger partial charge in [0.1, 0.15) is 6.10 Å². The summed E-state index contributed by atoms with van der Waals surface area (Å²) in [6.07, 6.45) is -1.51. The van der Waals surface area contributed by atoms with Crippen LogP contribution in [0.4, 0.5) is 0 Å². The van der Waals surface area contributed by atoms with Crippen LogP contribution in [0.2, 0.25) is 0 Å². The average molecular weight is 258 g/mol. The molecule has 5 heteroatoms. The van der Waals surface area contributed by atoms with Gasteiger partial charge in [0.25, 0.3) is 0 Å². The molecule has 0 aliphatic heterocycles. The number of hydrogen-bond acceptors (Lipinski definition) is 5. The van der Waals surface area contributed by atoms with Crippen molar-refractivity contribution in [1.29, 1.82) is 0 Å². The Hall–Kier alpha value is -0.910. The predicted octanol–water partition coefficient (Wildman–Crippen LogP) is 1.09. The first-order valence-corrected chi connectivity index (χ1v) is 6.38. The third kappa shape index (κ3) is 5.62. The quantitative estimate of drug-likeness (QED) is 0.388. The largest absolute Gasteiger partial charge is 0.440 e. The third-order valence-electron chi connectivity index (χ3n) is 2.79. The van der Waals surface area contributed by atoms with Gasteiger partial charge in [-0.3, -0.25) is 10.2 Å². The first-order chi connectivity index (χ1) is 8.33. The number of carbonyl (C=O) groups excluding carboxylic acids is 1. The van der Waals surface area contributed by atoms with Crippen LogP contribution in [0, 0.1) is 0 Å². The van der Waals surface area contributed by atoms with E-state index in [1.807, 2.05) is 6.92 Å². The van der Waals surface area contributed by atoms with Crippen LogP contribution in [0.15, 0.2) is 12.2 Å². The van der Waals surface area contributed by atoms with Crippen LogP contribution in [-0.4, -0.2) is 47.6 Å². The van der Waals surface area contributed by atoms with Crippen LogP contribution in [0.25, 0.3) is 0 Å². The van der Waals surface area contributed by atoms with Crippen molar-refractivity contribution in [3.8, 4) is 0 Å². The molecule has 2 N–H and O–H groups in total. The molecule has 3 atom stereocenters. The summed E-state index contributed by atoms with van der Waals surface area (Å²) in [5, 5.41) is 12.7. The maximum Gasteiger partial charge on any atom is 0.334 e. The number of ether oxygens (including phenoxy) is 1. The molecule has 0 aromatic rings. The summed E-state index contributed by atoms with van der Waals surface area (Å²) in [5.41, 5.74) is 0.318. The van der Waals surface area contributed by atoms with Crippen molar-refractivity contribution < 1.29 is 14.6 Å². The van der Waals surface area contributed by atoms with Gasteiger partial charge in [0.2, 0.25) is 0 Å². The van der Waals surface area contributed by atoms with Crippen molar-refractivity contribution in [2.75, 3.05) is 13.1 Å². The average Bonchev–Trinajstić information content (AvgIpc) is 2.29. The molecule has 0 saturated heterocycles. The van der Waals surface area contributed by atoms with Gasteiger partial charge in [-0.1, -0.05) is 20.4 Å². The monoisotopic (exact) mass is 258 g/mol. The highest BCUT2D eigenvalue weighted by Gasteiger charge is 2.23. The van der Waals surface area contributed by atoms with Crippen molar-refractivity contribution in [1.82, 2.24) is 10.2 Å². The Balaban J connectivity index is 4.53. The molecule has 0 radical (unpaired) electrons. The Morgan fingerprint density at radius 3 is 2.22 bits per heavy atom. The summed E-state index contributed by atoms with van der Waals surface area (Å²) < 4.78 is 5.16. The summed E-state index contributed by atoms with van der Waals surface area (Å²) in [6.45, 7) is 14.5. The zero-order valence-corrected chi connectivity index (χ0v) is 12.1. The summed E-state index contributed by atoms with van der Waals surface area (Å²) in [7, 11) is 0. The zero-order chi connectivity index (χ0) is 14.3. The minimum Gasteiger partial charge on any atom is -0.440 e. The number of nitrogens with zero attached hydrogens (tertiary/aromatic N) is 1. The molecule has 0 amide bonds. The van der Waals surface area contributed by atoms with Crippen molar-refractivity contribution in [3.63, 3.8) is 0 Å². The van der Waals surface area contributed by atoms with Gasteiger partial charge in [0.05, 0.1) is 6.17 Å². The van der Waals surface area contributed by atoms with Gasteiger partial charge in [0.15, 0.2) is 6.23 Å². The highest BCUT2D eigenvalue weighted by Crippen LogP contribution is 2.04. The van der Waals surface area contributed by atoms with Crippen LogP contribution in [0.1, 0.15) is 34.6 Å². The minimum absolute atomic E-state index is 0.0116. The number of hydrogen-bond donors (Lipinski definition) is 2. The zero-order valence-electron chi connectivity index (χ0n) is 12.1. The Kier molecular flexibility index (Phi) is 7.82. The standard InChI is InChI=1S/C13H26N2O3/c1-7-15(8-2)11(6)14-12(10(5)16)18-13(17)9(3)4/h10-12,14,16H,3,7-8H2,1-2,4-6H3. The number of rotatable bonds is 8. The molecule has 0 heterocycles. The van der Waals surface area contributed by atoms with E-state index in [9.17, 15) is 9.90 Å². The van der Waals surface area contributed by atoms with Gasteiger partial charge < -0.3 is 9.84 Å². The Labute approximate surface area is 110 Å². The SMILES string of the molecule is C=C(C)C(=O)OC(NC(C)N(CC)CC)C(C)O. The molecular formula is C13H26N2O3. The fourth-order valence-corrected chi connectivity index (χ4v) is 1.60. The summed E-state index contributed by atoms with van der Waals surface area (Å²) in [6, 6.07) is 0. The third-order valence-corrected chi connectivity index (χ3v) is 2.79. The van der Waals surface area contributed by atoms with Crippen molar-refractivity contribution in [2.45, 2.75) is 53.1 Å². The molecule has 0 saturated carbocycles.